The van der Waals surface area contributed by atoms with Crippen molar-refractivity contribution in [2.45, 2.75) is 58.1 Å². The Balaban J connectivity index is 2.45. The lowest BCUT2D eigenvalue weighted by Crippen LogP contribution is -2.45. The standard InChI is InChI=1S/C13H28N2O3S/c1-3-19(17,18)14-9-10-15(11-12(2)16)13-7-5-4-6-8-13/h12-14,16H,3-11H2,1-2H3. The highest BCUT2D eigenvalue weighted by Crippen LogP contribution is 2.22. The number of aliphatic hydroxyl groups excluding tert-OH is 1. The number of aliphatic hydroxyl groups is 1. The molecule has 1 atom stereocenters. The summed E-state index contributed by atoms with van der Waals surface area (Å²) in [7, 11) is -3.11. The van der Waals surface area contributed by atoms with Crippen LogP contribution < -0.4 is 4.72 Å². The van der Waals surface area contributed by atoms with E-state index < -0.39 is 10.0 Å². The van der Waals surface area contributed by atoms with E-state index in [-0.39, 0.29) is 11.9 Å². The number of rotatable bonds is 8. The lowest BCUT2D eigenvalue weighted by Gasteiger charge is -2.35. The Labute approximate surface area is 117 Å². The van der Waals surface area contributed by atoms with E-state index in [4.69, 9.17) is 0 Å². The first-order valence-electron chi connectivity index (χ1n) is 7.34. The minimum Gasteiger partial charge on any atom is -0.392 e. The second kappa shape index (κ2) is 8.19. The number of sulfonamides is 1. The van der Waals surface area contributed by atoms with E-state index in [0.717, 1.165) is 12.8 Å². The van der Waals surface area contributed by atoms with E-state index in [0.29, 0.717) is 25.7 Å². The molecule has 114 valence electrons. The van der Waals surface area contributed by atoms with Crippen LogP contribution >= 0.6 is 0 Å². The molecule has 0 spiro atoms. The lowest BCUT2D eigenvalue weighted by atomic mass is 9.94. The molecule has 1 aliphatic rings. The molecule has 2 N–H and O–H groups in total. The predicted molar refractivity (Wildman–Crippen MR) is 77.6 cm³/mol. The van der Waals surface area contributed by atoms with Crippen LogP contribution in [0.3, 0.4) is 0 Å². The monoisotopic (exact) mass is 292 g/mol. The van der Waals surface area contributed by atoms with E-state index >= 15 is 0 Å². The Morgan fingerprint density at radius 3 is 2.47 bits per heavy atom. The van der Waals surface area contributed by atoms with Crippen molar-refractivity contribution in [2.24, 2.45) is 0 Å². The van der Waals surface area contributed by atoms with Crippen LogP contribution in [0, 0.1) is 0 Å². The van der Waals surface area contributed by atoms with Crippen molar-refractivity contribution in [3.8, 4) is 0 Å². The predicted octanol–water partition coefficient (Wildman–Crippen LogP) is 0.941. The summed E-state index contributed by atoms with van der Waals surface area (Å²) < 4.78 is 25.4. The van der Waals surface area contributed by atoms with Crippen molar-refractivity contribution in [1.82, 2.24) is 9.62 Å². The van der Waals surface area contributed by atoms with E-state index in [2.05, 4.69) is 9.62 Å². The van der Waals surface area contributed by atoms with Crippen molar-refractivity contribution in [3.05, 3.63) is 0 Å². The summed E-state index contributed by atoms with van der Waals surface area (Å²) in [6.07, 6.45) is 5.72. The topological polar surface area (TPSA) is 69.6 Å². The molecule has 1 rings (SSSR count). The Morgan fingerprint density at radius 2 is 1.95 bits per heavy atom. The summed E-state index contributed by atoms with van der Waals surface area (Å²) in [5.41, 5.74) is 0. The van der Waals surface area contributed by atoms with Gasteiger partial charge in [0.1, 0.15) is 0 Å². The number of hydrogen-bond donors (Lipinski definition) is 2. The normalized spacial score (nSPS) is 19.8. The fourth-order valence-electron chi connectivity index (χ4n) is 2.66. The quantitative estimate of drug-likeness (QED) is 0.698. The molecule has 0 bridgehead atoms. The fourth-order valence-corrected chi connectivity index (χ4v) is 3.26. The Kier molecular flexibility index (Phi) is 7.28. The largest absolute Gasteiger partial charge is 0.392 e. The van der Waals surface area contributed by atoms with Crippen LogP contribution in [0.2, 0.25) is 0 Å². The van der Waals surface area contributed by atoms with Gasteiger partial charge in [-0.25, -0.2) is 13.1 Å². The third-order valence-corrected chi connectivity index (χ3v) is 5.09. The smallest absolute Gasteiger partial charge is 0.211 e. The SMILES string of the molecule is CCS(=O)(=O)NCCN(CC(C)O)C1CCCCC1. The first kappa shape index (κ1) is 16.9. The maximum Gasteiger partial charge on any atom is 0.211 e. The Bertz CT molecular complexity index is 338. The Morgan fingerprint density at radius 1 is 1.32 bits per heavy atom. The molecule has 1 aliphatic carbocycles. The third kappa shape index (κ3) is 6.70. The summed E-state index contributed by atoms with van der Waals surface area (Å²) in [6.45, 7) is 5.15. The molecule has 1 fully saturated rings. The first-order valence-corrected chi connectivity index (χ1v) is 8.99. The van der Waals surface area contributed by atoms with Gasteiger partial charge in [-0.15, -0.1) is 0 Å². The highest BCUT2D eigenvalue weighted by molar-refractivity contribution is 7.89. The van der Waals surface area contributed by atoms with Crippen molar-refractivity contribution in [2.75, 3.05) is 25.4 Å². The minimum absolute atomic E-state index is 0.118. The number of nitrogens with one attached hydrogen (secondary N) is 1. The van der Waals surface area contributed by atoms with Gasteiger partial charge in [0.2, 0.25) is 10.0 Å². The molecule has 0 aliphatic heterocycles. The van der Waals surface area contributed by atoms with Crippen LogP contribution in [0.1, 0.15) is 46.0 Å². The molecule has 0 amide bonds. The lowest BCUT2D eigenvalue weighted by molar-refractivity contribution is 0.0841. The average molecular weight is 292 g/mol. The third-order valence-electron chi connectivity index (χ3n) is 3.69. The van der Waals surface area contributed by atoms with Gasteiger partial charge < -0.3 is 5.11 Å². The number of nitrogens with zero attached hydrogens (tertiary/aromatic N) is 1. The zero-order valence-corrected chi connectivity index (χ0v) is 13.0. The molecule has 0 radical (unpaired) electrons. The van der Waals surface area contributed by atoms with Gasteiger partial charge in [-0.05, 0) is 26.7 Å². The van der Waals surface area contributed by atoms with Crippen LogP contribution in [0.5, 0.6) is 0 Å². The van der Waals surface area contributed by atoms with Crippen molar-refractivity contribution < 1.29 is 13.5 Å². The number of hydrogen-bond acceptors (Lipinski definition) is 4. The summed E-state index contributed by atoms with van der Waals surface area (Å²) in [5.74, 6) is 0.118. The van der Waals surface area contributed by atoms with Crippen molar-refractivity contribution in [1.29, 1.82) is 0 Å². The highest BCUT2D eigenvalue weighted by Gasteiger charge is 2.22. The van der Waals surface area contributed by atoms with E-state index in [9.17, 15) is 13.5 Å². The molecule has 0 aromatic rings. The van der Waals surface area contributed by atoms with Gasteiger partial charge in [-0.3, -0.25) is 4.90 Å². The molecule has 1 unspecified atom stereocenters. The van der Waals surface area contributed by atoms with E-state index in [1.807, 2.05) is 0 Å². The summed E-state index contributed by atoms with van der Waals surface area (Å²) in [4.78, 5) is 2.24. The molecule has 0 heterocycles. The molecule has 0 aromatic heterocycles. The zero-order valence-electron chi connectivity index (χ0n) is 12.1. The van der Waals surface area contributed by atoms with Gasteiger partial charge in [0.15, 0.2) is 0 Å². The summed E-state index contributed by atoms with van der Waals surface area (Å²) >= 11 is 0. The summed E-state index contributed by atoms with van der Waals surface area (Å²) in [5, 5.41) is 9.58. The van der Waals surface area contributed by atoms with Crippen LogP contribution in [0.4, 0.5) is 0 Å². The molecular weight excluding hydrogens is 264 g/mol. The summed E-state index contributed by atoms with van der Waals surface area (Å²) in [6, 6.07) is 0.495. The highest BCUT2D eigenvalue weighted by atomic mass is 32.2. The second-order valence-corrected chi connectivity index (χ2v) is 7.53. The average Bonchev–Trinajstić information content (AvgIpc) is 2.38. The van der Waals surface area contributed by atoms with Crippen LogP contribution in [0.25, 0.3) is 0 Å². The van der Waals surface area contributed by atoms with Crippen LogP contribution in [-0.4, -0.2) is 56.0 Å². The maximum absolute atomic E-state index is 11.4. The fraction of sp³-hybridized carbons (Fsp3) is 1.00. The van der Waals surface area contributed by atoms with E-state index in [1.54, 1.807) is 13.8 Å². The minimum atomic E-state index is -3.11. The van der Waals surface area contributed by atoms with Gasteiger partial charge in [-0.1, -0.05) is 19.3 Å². The maximum atomic E-state index is 11.4. The van der Waals surface area contributed by atoms with Crippen LogP contribution in [0.15, 0.2) is 0 Å². The van der Waals surface area contributed by atoms with Crippen molar-refractivity contribution >= 4 is 10.0 Å². The van der Waals surface area contributed by atoms with Gasteiger partial charge in [0.05, 0.1) is 11.9 Å². The second-order valence-electron chi connectivity index (χ2n) is 5.43. The van der Waals surface area contributed by atoms with Gasteiger partial charge in [0, 0.05) is 25.7 Å². The van der Waals surface area contributed by atoms with Crippen molar-refractivity contribution in [3.63, 3.8) is 0 Å². The first-order chi connectivity index (χ1) is 8.94. The van der Waals surface area contributed by atoms with Gasteiger partial charge in [-0.2, -0.15) is 0 Å². The molecule has 19 heavy (non-hydrogen) atoms. The van der Waals surface area contributed by atoms with Gasteiger partial charge in [0.25, 0.3) is 0 Å². The zero-order chi connectivity index (χ0) is 14.3. The molecule has 0 aromatic carbocycles. The molecule has 5 nitrogen and oxygen atoms in total. The molecular formula is C13H28N2O3S. The Hall–Kier alpha value is -0.170. The molecule has 6 heteroatoms. The molecule has 1 saturated carbocycles. The van der Waals surface area contributed by atoms with E-state index in [1.165, 1.54) is 19.3 Å². The van der Waals surface area contributed by atoms with Gasteiger partial charge >= 0.3 is 0 Å². The molecule has 0 saturated heterocycles. The van der Waals surface area contributed by atoms with Crippen LogP contribution in [-0.2, 0) is 10.0 Å².